The lowest BCUT2D eigenvalue weighted by molar-refractivity contribution is 0.544. The predicted molar refractivity (Wildman–Crippen MR) is 70.3 cm³/mol. The third-order valence-corrected chi connectivity index (χ3v) is 2.88. The molecule has 0 amide bonds. The van der Waals surface area contributed by atoms with Crippen molar-refractivity contribution in [1.82, 2.24) is 5.43 Å². The third-order valence-electron chi connectivity index (χ3n) is 2.66. The summed E-state index contributed by atoms with van der Waals surface area (Å²) in [6.07, 6.45) is 1.81. The molecule has 2 nitrogen and oxygen atoms in total. The van der Waals surface area contributed by atoms with E-state index < -0.39 is 0 Å². The summed E-state index contributed by atoms with van der Waals surface area (Å²) in [5, 5.41) is 0.748. The fourth-order valence-electron chi connectivity index (χ4n) is 1.67. The topological polar surface area (TPSA) is 38.0 Å². The van der Waals surface area contributed by atoms with Crippen molar-refractivity contribution < 1.29 is 0 Å². The average molecular weight is 239 g/mol. The van der Waals surface area contributed by atoms with Gasteiger partial charge in [0.1, 0.15) is 0 Å². The van der Waals surface area contributed by atoms with E-state index in [1.54, 1.807) is 0 Å². The van der Waals surface area contributed by atoms with Crippen LogP contribution < -0.4 is 11.3 Å². The molecule has 0 saturated heterocycles. The first kappa shape index (κ1) is 13.2. The van der Waals surface area contributed by atoms with Gasteiger partial charge in [0.15, 0.2) is 0 Å². The molecule has 0 aliphatic rings. The summed E-state index contributed by atoms with van der Waals surface area (Å²) >= 11 is 6.03. The van der Waals surface area contributed by atoms with Crippen LogP contribution in [0.2, 0.25) is 5.02 Å². The van der Waals surface area contributed by atoms with Gasteiger partial charge in [-0.05, 0) is 43.0 Å². The van der Waals surface area contributed by atoms with Crippen molar-refractivity contribution in [3.8, 4) is 0 Å². The number of nitrogens with one attached hydrogen (secondary N) is 1. The Morgan fingerprint density at radius 1 is 1.50 bits per heavy atom. The molecule has 88 valence electrons. The number of benzene rings is 1. The zero-order valence-electron chi connectivity index (χ0n) is 9.89. The molecule has 0 aromatic heterocycles. The molecule has 0 aliphatic carbocycles. The van der Waals surface area contributed by atoms with Crippen LogP contribution in [0.1, 0.15) is 36.9 Å². The monoisotopic (exact) mass is 238 g/mol. The largest absolute Gasteiger partial charge is 0.271 e. The van der Waals surface area contributed by atoms with Gasteiger partial charge in [-0.3, -0.25) is 11.3 Å². The fourth-order valence-corrected chi connectivity index (χ4v) is 1.97. The first-order valence-corrected chi connectivity index (χ1v) is 5.84. The van der Waals surface area contributed by atoms with E-state index in [1.807, 2.05) is 19.1 Å². The van der Waals surface area contributed by atoms with Gasteiger partial charge in [-0.2, -0.15) is 0 Å². The van der Waals surface area contributed by atoms with Crippen molar-refractivity contribution in [2.24, 2.45) is 5.84 Å². The van der Waals surface area contributed by atoms with E-state index in [1.165, 1.54) is 5.57 Å². The Bertz CT molecular complexity index is 354. The predicted octanol–water partition coefficient (Wildman–Crippen LogP) is 3.51. The quantitative estimate of drug-likeness (QED) is 0.468. The van der Waals surface area contributed by atoms with Crippen LogP contribution in [0.4, 0.5) is 0 Å². The normalized spacial score (nSPS) is 12.5. The molecule has 0 saturated carbocycles. The molecule has 1 rings (SSSR count). The highest BCUT2D eigenvalue weighted by Gasteiger charge is 2.11. The minimum absolute atomic E-state index is 0.0878. The SMILES string of the molecule is C=C(CC)CC(NN)c1cc(C)cc(Cl)c1. The zero-order chi connectivity index (χ0) is 12.1. The van der Waals surface area contributed by atoms with E-state index in [9.17, 15) is 0 Å². The van der Waals surface area contributed by atoms with E-state index in [2.05, 4.69) is 25.0 Å². The number of rotatable bonds is 5. The Labute approximate surface area is 102 Å². The Kier molecular flexibility index (Phi) is 5.00. The first-order valence-electron chi connectivity index (χ1n) is 5.46. The lowest BCUT2D eigenvalue weighted by Gasteiger charge is -2.18. The average Bonchev–Trinajstić information content (AvgIpc) is 2.24. The summed E-state index contributed by atoms with van der Waals surface area (Å²) in [5.41, 5.74) is 6.26. The Morgan fingerprint density at radius 3 is 2.69 bits per heavy atom. The number of hydrogen-bond donors (Lipinski definition) is 2. The van der Waals surface area contributed by atoms with Gasteiger partial charge in [0.05, 0.1) is 0 Å². The van der Waals surface area contributed by atoms with Crippen molar-refractivity contribution in [3.05, 3.63) is 46.5 Å². The Balaban J connectivity index is 2.90. The number of hydrogen-bond acceptors (Lipinski definition) is 2. The molecule has 0 radical (unpaired) electrons. The maximum absolute atomic E-state index is 6.03. The van der Waals surface area contributed by atoms with Gasteiger partial charge in [-0.15, -0.1) is 0 Å². The van der Waals surface area contributed by atoms with Gasteiger partial charge in [0, 0.05) is 11.1 Å². The van der Waals surface area contributed by atoms with E-state index in [0.29, 0.717) is 0 Å². The molecule has 1 aromatic rings. The van der Waals surface area contributed by atoms with Crippen LogP contribution in [-0.2, 0) is 0 Å². The zero-order valence-corrected chi connectivity index (χ0v) is 10.6. The summed E-state index contributed by atoms with van der Waals surface area (Å²) in [5.74, 6) is 5.57. The van der Waals surface area contributed by atoms with Crippen molar-refractivity contribution in [2.45, 2.75) is 32.7 Å². The van der Waals surface area contributed by atoms with E-state index in [0.717, 1.165) is 29.0 Å². The lowest BCUT2D eigenvalue weighted by Crippen LogP contribution is -2.28. The van der Waals surface area contributed by atoms with E-state index in [-0.39, 0.29) is 6.04 Å². The standard InChI is InChI=1S/C13H19ClN2/c1-4-9(2)7-13(16-15)11-5-10(3)6-12(14)8-11/h5-6,8,13,16H,2,4,7,15H2,1,3H3. The van der Waals surface area contributed by atoms with Crippen LogP contribution in [0.5, 0.6) is 0 Å². The second-order valence-electron chi connectivity index (χ2n) is 4.09. The molecule has 1 aromatic carbocycles. The molecular weight excluding hydrogens is 220 g/mol. The Hall–Kier alpha value is -0.830. The Morgan fingerprint density at radius 2 is 2.19 bits per heavy atom. The maximum atomic E-state index is 6.03. The number of aryl methyl sites for hydroxylation is 1. The molecule has 0 aliphatic heterocycles. The number of halogens is 1. The minimum atomic E-state index is 0.0878. The van der Waals surface area contributed by atoms with Crippen molar-refractivity contribution >= 4 is 11.6 Å². The maximum Gasteiger partial charge on any atom is 0.0497 e. The molecule has 16 heavy (non-hydrogen) atoms. The van der Waals surface area contributed by atoms with Gasteiger partial charge in [-0.25, -0.2) is 0 Å². The van der Waals surface area contributed by atoms with Crippen molar-refractivity contribution in [1.29, 1.82) is 0 Å². The lowest BCUT2D eigenvalue weighted by atomic mass is 9.98. The second-order valence-corrected chi connectivity index (χ2v) is 4.53. The molecule has 3 heteroatoms. The van der Waals surface area contributed by atoms with Crippen molar-refractivity contribution in [2.75, 3.05) is 0 Å². The van der Waals surface area contributed by atoms with Crippen LogP contribution in [-0.4, -0.2) is 0 Å². The highest BCUT2D eigenvalue weighted by atomic mass is 35.5. The smallest absolute Gasteiger partial charge is 0.0497 e. The van der Waals surface area contributed by atoms with E-state index >= 15 is 0 Å². The summed E-state index contributed by atoms with van der Waals surface area (Å²) in [6.45, 7) is 8.12. The van der Waals surface area contributed by atoms with Gasteiger partial charge >= 0.3 is 0 Å². The molecule has 3 N–H and O–H groups in total. The first-order chi connectivity index (χ1) is 7.56. The molecular formula is C13H19ClN2. The molecule has 0 fully saturated rings. The second kappa shape index (κ2) is 6.04. The van der Waals surface area contributed by atoms with Crippen LogP contribution in [0.15, 0.2) is 30.4 Å². The molecule has 1 unspecified atom stereocenters. The van der Waals surface area contributed by atoms with Gasteiger partial charge in [-0.1, -0.05) is 36.7 Å². The molecule has 0 heterocycles. The summed E-state index contributed by atoms with van der Waals surface area (Å²) in [4.78, 5) is 0. The van der Waals surface area contributed by atoms with Gasteiger partial charge in [0.2, 0.25) is 0 Å². The minimum Gasteiger partial charge on any atom is -0.271 e. The van der Waals surface area contributed by atoms with Gasteiger partial charge in [0.25, 0.3) is 0 Å². The molecule has 0 spiro atoms. The molecule has 0 bridgehead atoms. The van der Waals surface area contributed by atoms with Crippen molar-refractivity contribution in [3.63, 3.8) is 0 Å². The number of nitrogens with two attached hydrogens (primary N) is 1. The summed E-state index contributed by atoms with van der Waals surface area (Å²) < 4.78 is 0. The third kappa shape index (κ3) is 3.63. The molecule has 1 atom stereocenters. The van der Waals surface area contributed by atoms with Crippen LogP contribution in [0, 0.1) is 6.92 Å². The summed E-state index contributed by atoms with van der Waals surface area (Å²) in [7, 11) is 0. The van der Waals surface area contributed by atoms with Crippen LogP contribution in [0.3, 0.4) is 0 Å². The highest BCUT2D eigenvalue weighted by molar-refractivity contribution is 6.30. The van der Waals surface area contributed by atoms with Crippen LogP contribution >= 0.6 is 11.6 Å². The highest BCUT2D eigenvalue weighted by Crippen LogP contribution is 2.25. The van der Waals surface area contributed by atoms with Crippen LogP contribution in [0.25, 0.3) is 0 Å². The fraction of sp³-hybridized carbons (Fsp3) is 0.385. The summed E-state index contributed by atoms with van der Waals surface area (Å²) in [6, 6.07) is 6.07. The number of hydrazine groups is 1. The van der Waals surface area contributed by atoms with Gasteiger partial charge < -0.3 is 0 Å². The van der Waals surface area contributed by atoms with E-state index in [4.69, 9.17) is 17.4 Å².